The maximum absolute atomic E-state index is 11.4. The molecule has 0 bridgehead atoms. The number of hydrogen-bond donors (Lipinski definition) is 3. The van der Waals surface area contributed by atoms with Crippen molar-refractivity contribution in [3.05, 3.63) is 0 Å². The lowest BCUT2D eigenvalue weighted by atomic mass is 10.2. The molecule has 3 amide bonds. The number of primary amides is 1. The van der Waals surface area contributed by atoms with Gasteiger partial charge in [-0.1, -0.05) is 0 Å². The lowest BCUT2D eigenvalue weighted by Gasteiger charge is -2.23. The van der Waals surface area contributed by atoms with E-state index in [0.717, 1.165) is 19.3 Å². The molecular weight excluding hydrogens is 210 g/mol. The fourth-order valence-electron chi connectivity index (χ4n) is 2.03. The van der Waals surface area contributed by atoms with E-state index in [4.69, 9.17) is 10.5 Å². The van der Waals surface area contributed by atoms with Crippen LogP contribution < -0.4 is 16.4 Å². The second-order valence-electron chi connectivity index (χ2n) is 4.05. The van der Waals surface area contributed by atoms with Crippen molar-refractivity contribution < 1.29 is 14.3 Å². The Morgan fingerprint density at radius 1 is 1.44 bits per heavy atom. The number of rotatable bonds is 4. The molecule has 0 radical (unpaired) electrons. The molecule has 0 aliphatic heterocycles. The molecule has 0 heterocycles. The van der Waals surface area contributed by atoms with Crippen LogP contribution in [0.3, 0.4) is 0 Å². The number of methoxy groups -OCH3 is 1. The molecule has 1 aliphatic rings. The van der Waals surface area contributed by atoms with Gasteiger partial charge in [0.25, 0.3) is 0 Å². The van der Waals surface area contributed by atoms with E-state index in [1.807, 2.05) is 5.32 Å². The molecule has 6 nitrogen and oxygen atoms in total. The Balaban J connectivity index is 2.41. The van der Waals surface area contributed by atoms with Gasteiger partial charge >= 0.3 is 6.03 Å². The lowest BCUT2D eigenvalue weighted by molar-refractivity contribution is -0.122. The second-order valence-corrected chi connectivity index (χ2v) is 4.05. The van der Waals surface area contributed by atoms with E-state index >= 15 is 0 Å². The van der Waals surface area contributed by atoms with E-state index in [9.17, 15) is 9.59 Å². The van der Waals surface area contributed by atoms with E-state index < -0.39 is 18.0 Å². The first-order valence-electron chi connectivity index (χ1n) is 5.43. The van der Waals surface area contributed by atoms with Gasteiger partial charge < -0.3 is 15.8 Å². The van der Waals surface area contributed by atoms with Crippen LogP contribution in [-0.2, 0) is 9.53 Å². The number of carbonyl (C=O) groups is 2. The molecule has 0 spiro atoms. The molecule has 0 aromatic carbocycles. The van der Waals surface area contributed by atoms with Crippen molar-refractivity contribution in [2.75, 3.05) is 7.11 Å². The molecule has 1 rings (SSSR count). The van der Waals surface area contributed by atoms with Crippen LogP contribution in [0.2, 0.25) is 0 Å². The highest BCUT2D eigenvalue weighted by molar-refractivity contribution is 5.96. The number of urea groups is 1. The van der Waals surface area contributed by atoms with E-state index in [2.05, 4.69) is 5.32 Å². The third-order valence-electron chi connectivity index (χ3n) is 2.86. The Morgan fingerprint density at radius 3 is 2.69 bits per heavy atom. The summed E-state index contributed by atoms with van der Waals surface area (Å²) in [5.74, 6) is -0.408. The van der Waals surface area contributed by atoms with Crippen LogP contribution >= 0.6 is 0 Å². The Morgan fingerprint density at radius 2 is 2.12 bits per heavy atom. The minimum Gasteiger partial charge on any atom is -0.380 e. The maximum atomic E-state index is 11.4. The molecule has 0 aromatic rings. The van der Waals surface area contributed by atoms with Crippen LogP contribution in [0.5, 0.6) is 0 Å². The first kappa shape index (κ1) is 12.9. The maximum Gasteiger partial charge on any atom is 0.318 e. The van der Waals surface area contributed by atoms with Crippen LogP contribution in [0.25, 0.3) is 0 Å². The van der Waals surface area contributed by atoms with Gasteiger partial charge in [-0.05, 0) is 26.2 Å². The van der Waals surface area contributed by atoms with Crippen LogP contribution in [0.4, 0.5) is 4.79 Å². The summed E-state index contributed by atoms with van der Waals surface area (Å²) in [5.41, 5.74) is 4.87. The number of ether oxygens (including phenoxy) is 1. The van der Waals surface area contributed by atoms with Gasteiger partial charge in [0, 0.05) is 13.2 Å². The zero-order valence-corrected chi connectivity index (χ0v) is 9.66. The van der Waals surface area contributed by atoms with Gasteiger partial charge in [-0.2, -0.15) is 0 Å². The van der Waals surface area contributed by atoms with Gasteiger partial charge in [0.05, 0.1) is 12.1 Å². The van der Waals surface area contributed by atoms with Gasteiger partial charge in [-0.3, -0.25) is 10.1 Å². The zero-order valence-electron chi connectivity index (χ0n) is 9.66. The fraction of sp³-hybridized carbons (Fsp3) is 0.800. The average Bonchev–Trinajstić information content (AvgIpc) is 2.64. The fourth-order valence-corrected chi connectivity index (χ4v) is 2.03. The molecule has 3 unspecified atom stereocenters. The Bertz CT molecular complexity index is 270. The summed E-state index contributed by atoms with van der Waals surface area (Å²) in [6, 6.07) is -1.11. The van der Waals surface area contributed by atoms with Gasteiger partial charge in [-0.15, -0.1) is 0 Å². The molecule has 4 N–H and O–H groups in total. The summed E-state index contributed by atoms with van der Waals surface area (Å²) in [4.78, 5) is 21.9. The third kappa shape index (κ3) is 3.46. The normalized spacial score (nSPS) is 26.4. The summed E-state index contributed by atoms with van der Waals surface area (Å²) in [7, 11) is 1.67. The van der Waals surface area contributed by atoms with Gasteiger partial charge in [-0.25, -0.2) is 4.79 Å². The van der Waals surface area contributed by atoms with Gasteiger partial charge in [0.15, 0.2) is 0 Å². The monoisotopic (exact) mass is 229 g/mol. The summed E-state index contributed by atoms with van der Waals surface area (Å²) < 4.78 is 5.30. The van der Waals surface area contributed by atoms with E-state index in [1.54, 1.807) is 14.0 Å². The van der Waals surface area contributed by atoms with E-state index in [1.165, 1.54) is 0 Å². The average molecular weight is 229 g/mol. The SMILES string of the molecule is COC1CCCC1NC(C)C(=O)NC(N)=O. The lowest BCUT2D eigenvalue weighted by Crippen LogP contribution is -2.51. The van der Waals surface area contributed by atoms with Crippen molar-refractivity contribution >= 4 is 11.9 Å². The molecule has 0 aromatic heterocycles. The van der Waals surface area contributed by atoms with E-state index in [-0.39, 0.29) is 12.1 Å². The number of carbonyl (C=O) groups excluding carboxylic acids is 2. The van der Waals surface area contributed by atoms with Crippen LogP contribution in [0.1, 0.15) is 26.2 Å². The summed E-state index contributed by atoms with van der Waals surface area (Å²) in [6.45, 7) is 1.70. The molecule has 92 valence electrons. The Labute approximate surface area is 94.9 Å². The third-order valence-corrected chi connectivity index (χ3v) is 2.86. The van der Waals surface area contributed by atoms with Crippen LogP contribution in [-0.4, -0.2) is 37.2 Å². The first-order valence-corrected chi connectivity index (χ1v) is 5.43. The van der Waals surface area contributed by atoms with Crippen LogP contribution in [0.15, 0.2) is 0 Å². The van der Waals surface area contributed by atoms with E-state index in [0.29, 0.717) is 0 Å². The number of nitrogens with one attached hydrogen (secondary N) is 2. The molecule has 0 saturated heterocycles. The van der Waals surface area contributed by atoms with Crippen molar-refractivity contribution in [3.63, 3.8) is 0 Å². The molecule has 1 saturated carbocycles. The van der Waals surface area contributed by atoms with Crippen molar-refractivity contribution in [1.29, 1.82) is 0 Å². The highest BCUT2D eigenvalue weighted by Gasteiger charge is 2.29. The predicted molar refractivity (Wildman–Crippen MR) is 58.8 cm³/mol. The topological polar surface area (TPSA) is 93.4 Å². The molecule has 3 atom stereocenters. The van der Waals surface area contributed by atoms with Crippen LogP contribution in [0, 0.1) is 0 Å². The highest BCUT2D eigenvalue weighted by atomic mass is 16.5. The summed E-state index contributed by atoms with van der Waals surface area (Å²) in [6.07, 6.45) is 3.20. The second kappa shape index (κ2) is 5.81. The number of hydrogen-bond acceptors (Lipinski definition) is 4. The standard InChI is InChI=1S/C10H19N3O3/c1-6(9(14)13-10(11)15)12-7-4-3-5-8(7)16-2/h6-8,12H,3-5H2,1-2H3,(H3,11,13,14,15). The predicted octanol–water partition coefficient (Wildman–Crippen LogP) is -0.273. The smallest absolute Gasteiger partial charge is 0.318 e. The van der Waals surface area contributed by atoms with Gasteiger partial charge in [0.1, 0.15) is 0 Å². The van der Waals surface area contributed by atoms with Crippen molar-refractivity contribution in [2.24, 2.45) is 5.73 Å². The molecule has 1 aliphatic carbocycles. The van der Waals surface area contributed by atoms with Crippen molar-refractivity contribution in [3.8, 4) is 0 Å². The Hall–Kier alpha value is -1.14. The summed E-state index contributed by atoms with van der Waals surface area (Å²) >= 11 is 0. The molecular formula is C10H19N3O3. The molecule has 6 heteroatoms. The quantitative estimate of drug-likeness (QED) is 0.618. The minimum absolute atomic E-state index is 0.142. The number of nitrogens with two attached hydrogens (primary N) is 1. The number of imide groups is 1. The number of amides is 3. The zero-order chi connectivity index (χ0) is 12.1. The molecule has 16 heavy (non-hydrogen) atoms. The van der Waals surface area contributed by atoms with Crippen molar-refractivity contribution in [1.82, 2.24) is 10.6 Å². The first-order chi connectivity index (χ1) is 7.54. The summed E-state index contributed by atoms with van der Waals surface area (Å²) in [5, 5.41) is 5.19. The molecule has 1 fully saturated rings. The van der Waals surface area contributed by atoms with Crippen molar-refractivity contribution in [2.45, 2.75) is 44.4 Å². The van der Waals surface area contributed by atoms with Gasteiger partial charge in [0.2, 0.25) is 5.91 Å². The minimum atomic E-state index is -0.826. The highest BCUT2D eigenvalue weighted by Crippen LogP contribution is 2.21. The Kier molecular flexibility index (Phi) is 4.70. The largest absolute Gasteiger partial charge is 0.380 e.